The summed E-state index contributed by atoms with van der Waals surface area (Å²) in [6.45, 7) is 9.96. The van der Waals surface area contributed by atoms with Gasteiger partial charge < -0.3 is 4.74 Å². The summed E-state index contributed by atoms with van der Waals surface area (Å²) in [6, 6.07) is 0.189. The second-order valence-electron chi connectivity index (χ2n) is 5.24. The lowest BCUT2D eigenvalue weighted by Gasteiger charge is -2.44. The summed E-state index contributed by atoms with van der Waals surface area (Å²) in [7, 11) is 0. The molecule has 0 bridgehead atoms. The molecular weight excluding hydrogens is 206 g/mol. The first-order valence-electron chi connectivity index (χ1n) is 5.75. The molecule has 2 unspecified atom stereocenters. The van der Waals surface area contributed by atoms with Gasteiger partial charge >= 0.3 is 0 Å². The van der Waals surface area contributed by atoms with E-state index in [2.05, 4.69) is 31.1 Å². The highest BCUT2D eigenvalue weighted by molar-refractivity contribution is 5.75. The molecule has 3 N–H and O–H groups in total. The number of hydrazine groups is 1. The molecule has 1 aliphatic rings. The summed E-state index contributed by atoms with van der Waals surface area (Å²) in [6.07, 6.45) is 0.631. The molecule has 0 aromatic carbocycles. The van der Waals surface area contributed by atoms with Crippen molar-refractivity contribution in [3.8, 4) is 0 Å². The van der Waals surface area contributed by atoms with Gasteiger partial charge in [-0.15, -0.1) is 0 Å². The molecule has 94 valence electrons. The van der Waals surface area contributed by atoms with Crippen LogP contribution in [-0.2, 0) is 9.53 Å². The predicted molar refractivity (Wildman–Crippen MR) is 62.6 cm³/mol. The molecule has 2 atom stereocenters. The Morgan fingerprint density at radius 2 is 2.31 bits per heavy atom. The number of morpholine rings is 1. The van der Waals surface area contributed by atoms with Crippen molar-refractivity contribution >= 4 is 5.91 Å². The molecule has 0 aromatic heterocycles. The zero-order valence-electron chi connectivity index (χ0n) is 10.6. The Morgan fingerprint density at radius 3 is 2.81 bits per heavy atom. The predicted octanol–water partition coefficient (Wildman–Crippen LogP) is 0.254. The zero-order valence-corrected chi connectivity index (χ0v) is 10.6. The molecule has 1 saturated heterocycles. The van der Waals surface area contributed by atoms with E-state index in [1.165, 1.54) is 0 Å². The number of carbonyl (C=O) groups is 1. The molecule has 0 aliphatic carbocycles. The van der Waals surface area contributed by atoms with Crippen LogP contribution in [0.2, 0.25) is 0 Å². The summed E-state index contributed by atoms with van der Waals surface area (Å²) in [5.41, 5.74) is 2.02. The van der Waals surface area contributed by atoms with Crippen LogP contribution in [0.25, 0.3) is 0 Å². The van der Waals surface area contributed by atoms with Crippen molar-refractivity contribution in [3.63, 3.8) is 0 Å². The fourth-order valence-electron chi connectivity index (χ4n) is 2.30. The Hall–Kier alpha value is -0.650. The van der Waals surface area contributed by atoms with Gasteiger partial charge in [0.25, 0.3) is 0 Å². The summed E-state index contributed by atoms with van der Waals surface area (Å²) in [5, 5.41) is 0. The lowest BCUT2D eigenvalue weighted by Crippen LogP contribution is -2.55. The van der Waals surface area contributed by atoms with Crippen molar-refractivity contribution in [1.82, 2.24) is 10.3 Å². The van der Waals surface area contributed by atoms with Gasteiger partial charge in [-0.3, -0.25) is 15.1 Å². The fourth-order valence-corrected chi connectivity index (χ4v) is 2.30. The second-order valence-corrected chi connectivity index (χ2v) is 5.24. The quantitative estimate of drug-likeness (QED) is 0.414. The standard InChI is InChI=1S/C11H23N3O2/c1-8(5-10(15)13-12)14-6-9(2)16-11(3,4)7-14/h8-9H,5-7,12H2,1-4H3,(H,13,15). The highest BCUT2D eigenvalue weighted by atomic mass is 16.5. The first-order valence-corrected chi connectivity index (χ1v) is 5.75. The number of nitrogens with two attached hydrogens (primary N) is 1. The maximum atomic E-state index is 11.2. The maximum Gasteiger partial charge on any atom is 0.235 e. The first kappa shape index (κ1) is 13.4. The van der Waals surface area contributed by atoms with Crippen molar-refractivity contribution in [2.75, 3.05) is 13.1 Å². The van der Waals surface area contributed by atoms with E-state index in [0.717, 1.165) is 13.1 Å². The third-order valence-electron chi connectivity index (χ3n) is 2.86. The van der Waals surface area contributed by atoms with Crippen molar-refractivity contribution in [1.29, 1.82) is 0 Å². The minimum Gasteiger partial charge on any atom is -0.370 e. The van der Waals surface area contributed by atoms with Gasteiger partial charge in [0.2, 0.25) is 5.91 Å². The second kappa shape index (κ2) is 5.12. The Bertz CT molecular complexity index is 256. The normalized spacial score (nSPS) is 27.4. The molecule has 1 amide bonds. The monoisotopic (exact) mass is 229 g/mol. The average molecular weight is 229 g/mol. The van der Waals surface area contributed by atoms with E-state index in [1.807, 2.05) is 6.92 Å². The van der Waals surface area contributed by atoms with Crippen LogP contribution in [0.15, 0.2) is 0 Å². The molecule has 0 radical (unpaired) electrons. The molecule has 1 aliphatic heterocycles. The molecular formula is C11H23N3O2. The third kappa shape index (κ3) is 3.73. The van der Waals surface area contributed by atoms with Crippen LogP contribution >= 0.6 is 0 Å². The summed E-state index contributed by atoms with van der Waals surface area (Å²) >= 11 is 0. The van der Waals surface area contributed by atoms with Gasteiger partial charge in [0, 0.05) is 25.6 Å². The maximum absolute atomic E-state index is 11.2. The molecule has 1 heterocycles. The number of nitrogens with one attached hydrogen (secondary N) is 1. The van der Waals surface area contributed by atoms with Gasteiger partial charge in [0.1, 0.15) is 0 Å². The van der Waals surface area contributed by atoms with Gasteiger partial charge in [-0.25, -0.2) is 5.84 Å². The number of rotatable bonds is 3. The Morgan fingerprint density at radius 1 is 1.69 bits per heavy atom. The SMILES string of the molecule is CC1CN(C(C)CC(=O)NN)CC(C)(C)O1. The number of carbonyl (C=O) groups excluding carboxylic acids is 1. The Balaban J connectivity index is 2.55. The number of hydrogen-bond acceptors (Lipinski definition) is 4. The van der Waals surface area contributed by atoms with Gasteiger partial charge in [0.05, 0.1) is 11.7 Å². The van der Waals surface area contributed by atoms with Crippen LogP contribution in [0.5, 0.6) is 0 Å². The smallest absolute Gasteiger partial charge is 0.235 e. The van der Waals surface area contributed by atoms with Crippen LogP contribution in [0.4, 0.5) is 0 Å². The first-order chi connectivity index (χ1) is 7.34. The molecule has 1 fully saturated rings. The lowest BCUT2D eigenvalue weighted by molar-refractivity contribution is -0.141. The van der Waals surface area contributed by atoms with E-state index in [-0.39, 0.29) is 23.7 Å². The van der Waals surface area contributed by atoms with Crippen molar-refractivity contribution in [2.45, 2.75) is 51.9 Å². The minimum atomic E-state index is -0.148. The van der Waals surface area contributed by atoms with E-state index in [9.17, 15) is 4.79 Å². The molecule has 5 nitrogen and oxygen atoms in total. The minimum absolute atomic E-state index is 0.121. The van der Waals surface area contributed by atoms with Gasteiger partial charge in [-0.1, -0.05) is 0 Å². The Kier molecular flexibility index (Phi) is 4.29. The van der Waals surface area contributed by atoms with Gasteiger partial charge in [0.15, 0.2) is 0 Å². The molecule has 0 saturated carbocycles. The highest BCUT2D eigenvalue weighted by Crippen LogP contribution is 2.23. The van der Waals surface area contributed by atoms with Crippen molar-refractivity contribution in [2.24, 2.45) is 5.84 Å². The largest absolute Gasteiger partial charge is 0.370 e. The third-order valence-corrected chi connectivity index (χ3v) is 2.86. The summed E-state index contributed by atoms with van der Waals surface area (Å²) in [5.74, 6) is 4.97. The fraction of sp³-hybridized carbons (Fsp3) is 0.909. The number of ether oxygens (including phenoxy) is 1. The van der Waals surface area contributed by atoms with Crippen LogP contribution in [0.3, 0.4) is 0 Å². The van der Waals surface area contributed by atoms with Gasteiger partial charge in [-0.05, 0) is 27.7 Å². The number of nitrogens with zero attached hydrogens (tertiary/aromatic N) is 1. The van der Waals surface area contributed by atoms with E-state index >= 15 is 0 Å². The molecule has 5 heteroatoms. The van der Waals surface area contributed by atoms with Crippen LogP contribution in [-0.4, -0.2) is 41.6 Å². The number of hydrogen-bond donors (Lipinski definition) is 2. The zero-order chi connectivity index (χ0) is 12.3. The average Bonchev–Trinajstić information content (AvgIpc) is 2.14. The van der Waals surface area contributed by atoms with Crippen LogP contribution in [0, 0.1) is 0 Å². The van der Waals surface area contributed by atoms with Crippen LogP contribution in [0.1, 0.15) is 34.1 Å². The van der Waals surface area contributed by atoms with Crippen molar-refractivity contribution < 1.29 is 9.53 Å². The summed E-state index contributed by atoms with van der Waals surface area (Å²) < 4.78 is 5.82. The van der Waals surface area contributed by atoms with E-state index in [1.54, 1.807) is 0 Å². The molecule has 1 rings (SSSR count). The van der Waals surface area contributed by atoms with Crippen molar-refractivity contribution in [3.05, 3.63) is 0 Å². The Labute approximate surface area is 97.3 Å². The number of amides is 1. The van der Waals surface area contributed by atoms with E-state index < -0.39 is 0 Å². The molecule has 16 heavy (non-hydrogen) atoms. The molecule has 0 spiro atoms. The topological polar surface area (TPSA) is 67.6 Å². The molecule has 0 aromatic rings. The van der Waals surface area contributed by atoms with Crippen LogP contribution < -0.4 is 11.3 Å². The van der Waals surface area contributed by atoms with E-state index in [0.29, 0.717) is 6.42 Å². The lowest BCUT2D eigenvalue weighted by atomic mass is 10.0. The summed E-state index contributed by atoms with van der Waals surface area (Å²) in [4.78, 5) is 13.5. The van der Waals surface area contributed by atoms with Gasteiger partial charge in [-0.2, -0.15) is 0 Å². The van der Waals surface area contributed by atoms with E-state index in [4.69, 9.17) is 10.6 Å². The highest BCUT2D eigenvalue weighted by Gasteiger charge is 2.33.